The van der Waals surface area contributed by atoms with E-state index in [1.807, 2.05) is 54.6 Å². The summed E-state index contributed by atoms with van der Waals surface area (Å²) in [4.78, 5) is 12.5. The lowest BCUT2D eigenvalue weighted by atomic mass is 10.1. The Hall–Kier alpha value is -1.81. The summed E-state index contributed by atoms with van der Waals surface area (Å²) in [6.07, 6.45) is 0. The molecule has 0 heterocycles. The first-order chi connectivity index (χ1) is 12.0. The lowest BCUT2D eigenvalue weighted by molar-refractivity contribution is 0.0897. The number of rotatable bonds is 5. The number of alkyl halides is 1. The number of ketones is 1. The third-order valence-corrected chi connectivity index (χ3v) is 4.75. The molecule has 2 nitrogen and oxygen atoms in total. The third kappa shape index (κ3) is 4.43. The molecule has 0 aliphatic heterocycles. The number of carbonyl (C=O) groups is 1. The largest absolute Gasteiger partial charge is 0.471 e. The molecule has 0 radical (unpaired) electrons. The Bertz CT molecular complexity index is 880. The summed E-state index contributed by atoms with van der Waals surface area (Å²) in [5, 5.41) is -0.0659. The van der Waals surface area contributed by atoms with Gasteiger partial charge in [-0.3, -0.25) is 4.79 Å². The molecule has 3 aromatic rings. The molecule has 0 aliphatic carbocycles. The first-order valence-corrected chi connectivity index (χ1v) is 9.17. The van der Waals surface area contributed by atoms with E-state index in [-0.39, 0.29) is 5.78 Å². The standard InChI is InChI=1S/C20H13BrCl2O2/c21-20(19(24)17-11-8-15(22)12-18(17)23)25-16-9-6-14(7-10-16)13-4-2-1-3-5-13/h1-12,20H. The van der Waals surface area contributed by atoms with Gasteiger partial charge in [0.1, 0.15) is 5.75 Å². The molecular weight excluding hydrogens is 423 g/mol. The Balaban J connectivity index is 1.72. The predicted molar refractivity (Wildman–Crippen MR) is 106 cm³/mol. The third-order valence-electron chi connectivity index (χ3n) is 3.60. The van der Waals surface area contributed by atoms with E-state index >= 15 is 0 Å². The summed E-state index contributed by atoms with van der Waals surface area (Å²) in [6.45, 7) is 0. The van der Waals surface area contributed by atoms with E-state index in [9.17, 15) is 4.79 Å². The number of hydrogen-bond acceptors (Lipinski definition) is 2. The van der Waals surface area contributed by atoms with Gasteiger partial charge in [0, 0.05) is 10.6 Å². The second kappa shape index (κ2) is 8.05. The van der Waals surface area contributed by atoms with Crippen LogP contribution in [0.1, 0.15) is 10.4 Å². The van der Waals surface area contributed by atoms with Gasteiger partial charge >= 0.3 is 0 Å². The molecule has 0 aliphatic rings. The first-order valence-electron chi connectivity index (χ1n) is 7.50. The predicted octanol–water partition coefficient (Wildman–Crippen LogP) is 6.64. The molecule has 0 saturated carbocycles. The van der Waals surface area contributed by atoms with Crippen molar-refractivity contribution in [3.8, 4) is 16.9 Å². The number of Topliss-reactive ketones (excluding diaryl/α,β-unsaturated/α-hetero) is 1. The molecule has 3 aromatic carbocycles. The molecule has 0 N–H and O–H groups in total. The summed E-state index contributed by atoms with van der Waals surface area (Å²) >= 11 is 15.2. The molecule has 0 aromatic heterocycles. The van der Waals surface area contributed by atoms with E-state index in [0.717, 1.165) is 11.1 Å². The maximum atomic E-state index is 12.5. The normalized spacial score (nSPS) is 11.8. The lowest BCUT2D eigenvalue weighted by Crippen LogP contribution is -2.21. The van der Waals surface area contributed by atoms with Crippen LogP contribution in [0.2, 0.25) is 10.0 Å². The fourth-order valence-electron chi connectivity index (χ4n) is 2.34. The fourth-order valence-corrected chi connectivity index (χ4v) is 3.31. The quantitative estimate of drug-likeness (QED) is 0.331. The molecule has 0 spiro atoms. The van der Waals surface area contributed by atoms with Crippen molar-refractivity contribution < 1.29 is 9.53 Å². The Labute approximate surface area is 164 Å². The molecule has 0 fully saturated rings. The van der Waals surface area contributed by atoms with Crippen molar-refractivity contribution in [1.82, 2.24) is 0 Å². The summed E-state index contributed by atoms with van der Waals surface area (Å²) in [7, 11) is 0. The van der Waals surface area contributed by atoms with Crippen LogP contribution in [0.5, 0.6) is 5.75 Å². The van der Waals surface area contributed by atoms with Crippen molar-refractivity contribution in [3.05, 3.63) is 88.4 Å². The monoisotopic (exact) mass is 434 g/mol. The van der Waals surface area contributed by atoms with Crippen molar-refractivity contribution in [2.75, 3.05) is 0 Å². The van der Waals surface area contributed by atoms with Crippen molar-refractivity contribution in [2.24, 2.45) is 0 Å². The highest BCUT2D eigenvalue weighted by atomic mass is 79.9. The average molecular weight is 436 g/mol. The van der Waals surface area contributed by atoms with Crippen LogP contribution in [0.3, 0.4) is 0 Å². The van der Waals surface area contributed by atoms with Crippen LogP contribution < -0.4 is 4.74 Å². The molecule has 126 valence electrons. The number of carbonyl (C=O) groups excluding carboxylic acids is 1. The average Bonchev–Trinajstić information content (AvgIpc) is 2.62. The fraction of sp³-hybridized carbons (Fsp3) is 0.0500. The van der Waals surface area contributed by atoms with Gasteiger partial charge in [0.05, 0.1) is 5.02 Å². The van der Waals surface area contributed by atoms with Crippen molar-refractivity contribution >= 4 is 44.9 Å². The van der Waals surface area contributed by atoms with Crippen LogP contribution in [-0.4, -0.2) is 10.8 Å². The highest BCUT2D eigenvalue weighted by Gasteiger charge is 2.21. The van der Waals surface area contributed by atoms with Crippen molar-refractivity contribution in [3.63, 3.8) is 0 Å². The molecule has 1 unspecified atom stereocenters. The van der Waals surface area contributed by atoms with Gasteiger partial charge in [0.15, 0.2) is 0 Å². The van der Waals surface area contributed by atoms with Gasteiger partial charge in [-0.25, -0.2) is 0 Å². The molecule has 0 amide bonds. The van der Waals surface area contributed by atoms with Gasteiger partial charge in [-0.2, -0.15) is 0 Å². The highest BCUT2D eigenvalue weighted by molar-refractivity contribution is 9.09. The zero-order chi connectivity index (χ0) is 17.8. The molecule has 1 atom stereocenters. The minimum Gasteiger partial charge on any atom is -0.471 e. The molecule has 0 bridgehead atoms. The van der Waals surface area contributed by atoms with Crippen LogP contribution >= 0.6 is 39.1 Å². The highest BCUT2D eigenvalue weighted by Crippen LogP contribution is 2.27. The van der Waals surface area contributed by atoms with Crippen molar-refractivity contribution in [2.45, 2.75) is 5.01 Å². The Morgan fingerprint density at radius 1 is 0.880 bits per heavy atom. The maximum Gasteiger partial charge on any atom is 0.215 e. The topological polar surface area (TPSA) is 26.3 Å². The molecule has 5 heteroatoms. The second-order valence-electron chi connectivity index (χ2n) is 5.31. The van der Waals surface area contributed by atoms with Crippen LogP contribution in [0.25, 0.3) is 11.1 Å². The van der Waals surface area contributed by atoms with Crippen LogP contribution in [-0.2, 0) is 0 Å². The van der Waals surface area contributed by atoms with Gasteiger partial charge in [-0.1, -0.05) is 65.7 Å². The molecule has 3 rings (SSSR count). The minimum absolute atomic E-state index is 0.270. The summed E-state index contributed by atoms with van der Waals surface area (Å²) < 4.78 is 5.68. The lowest BCUT2D eigenvalue weighted by Gasteiger charge is -2.13. The van der Waals surface area contributed by atoms with Gasteiger partial charge in [0.2, 0.25) is 10.8 Å². The van der Waals surface area contributed by atoms with E-state index in [2.05, 4.69) is 15.9 Å². The van der Waals surface area contributed by atoms with Gasteiger partial charge in [-0.15, -0.1) is 0 Å². The van der Waals surface area contributed by atoms with Crippen LogP contribution in [0.4, 0.5) is 0 Å². The van der Waals surface area contributed by atoms with E-state index in [1.54, 1.807) is 12.1 Å². The number of halogens is 3. The Kier molecular flexibility index (Phi) is 5.79. The van der Waals surface area contributed by atoms with Gasteiger partial charge < -0.3 is 4.74 Å². The second-order valence-corrected chi connectivity index (χ2v) is 6.99. The van der Waals surface area contributed by atoms with E-state index in [0.29, 0.717) is 21.4 Å². The molecule has 25 heavy (non-hydrogen) atoms. The summed E-state index contributed by atoms with van der Waals surface area (Å²) in [5.74, 6) is 0.314. The Morgan fingerprint density at radius 3 is 2.16 bits per heavy atom. The summed E-state index contributed by atoms with van der Waals surface area (Å²) in [6, 6.07) is 22.3. The number of hydrogen-bond donors (Lipinski definition) is 0. The number of benzene rings is 3. The first kappa shape index (κ1) is 18.0. The van der Waals surface area contributed by atoms with E-state index in [4.69, 9.17) is 27.9 Å². The minimum atomic E-state index is -0.839. The Morgan fingerprint density at radius 2 is 1.52 bits per heavy atom. The van der Waals surface area contributed by atoms with Crippen molar-refractivity contribution in [1.29, 1.82) is 0 Å². The van der Waals surface area contributed by atoms with Crippen LogP contribution in [0, 0.1) is 0 Å². The SMILES string of the molecule is O=C(c1ccc(Cl)cc1Cl)C(Br)Oc1ccc(-c2ccccc2)cc1. The summed E-state index contributed by atoms with van der Waals surface area (Å²) in [5.41, 5.74) is 2.55. The maximum absolute atomic E-state index is 12.5. The van der Waals surface area contributed by atoms with Gasteiger partial charge in [0.25, 0.3) is 0 Å². The number of ether oxygens (including phenoxy) is 1. The zero-order valence-electron chi connectivity index (χ0n) is 13.0. The molecular formula is C20H13BrCl2O2. The van der Waals surface area contributed by atoms with E-state index in [1.165, 1.54) is 6.07 Å². The van der Waals surface area contributed by atoms with E-state index < -0.39 is 5.01 Å². The van der Waals surface area contributed by atoms with Gasteiger partial charge in [-0.05, 0) is 57.4 Å². The molecule has 0 saturated heterocycles. The zero-order valence-corrected chi connectivity index (χ0v) is 16.1. The van der Waals surface area contributed by atoms with Crippen LogP contribution in [0.15, 0.2) is 72.8 Å². The smallest absolute Gasteiger partial charge is 0.215 e.